The minimum absolute atomic E-state index is 0.314. The molecule has 0 radical (unpaired) electrons. The molecule has 0 aliphatic carbocycles. The van der Waals surface area contributed by atoms with Crippen molar-refractivity contribution in [2.24, 2.45) is 5.73 Å². The van der Waals surface area contributed by atoms with E-state index in [1.807, 2.05) is 19.1 Å². The molecule has 2 aliphatic rings. The van der Waals surface area contributed by atoms with Gasteiger partial charge >= 0.3 is 0 Å². The summed E-state index contributed by atoms with van der Waals surface area (Å²) >= 11 is 0. The number of aryl methyl sites for hydroxylation is 1. The molecule has 0 spiro atoms. The van der Waals surface area contributed by atoms with Gasteiger partial charge in [0.15, 0.2) is 0 Å². The normalized spacial score (nSPS) is 30.3. The van der Waals surface area contributed by atoms with Crippen molar-refractivity contribution in [3.05, 3.63) is 23.4 Å². The first-order valence-electron chi connectivity index (χ1n) is 6.60. The summed E-state index contributed by atoms with van der Waals surface area (Å²) in [6, 6.07) is 7.31. The average molecular weight is 242 g/mol. The molecule has 4 heteroatoms. The first-order chi connectivity index (χ1) is 8.69. The number of piperidine rings is 1. The molecule has 3 heterocycles. The van der Waals surface area contributed by atoms with Crippen LogP contribution >= 0.6 is 0 Å². The van der Waals surface area contributed by atoms with Crippen LogP contribution in [-0.4, -0.2) is 23.1 Å². The van der Waals surface area contributed by atoms with Crippen LogP contribution in [0.4, 0.5) is 5.82 Å². The summed E-state index contributed by atoms with van der Waals surface area (Å²) < 4.78 is 0. The van der Waals surface area contributed by atoms with Crippen molar-refractivity contribution < 1.29 is 0 Å². The number of hydrogen-bond acceptors (Lipinski definition) is 4. The van der Waals surface area contributed by atoms with Crippen LogP contribution in [0.5, 0.6) is 0 Å². The highest BCUT2D eigenvalue weighted by Crippen LogP contribution is 2.39. The largest absolute Gasteiger partial charge is 0.349 e. The van der Waals surface area contributed by atoms with E-state index in [0.29, 0.717) is 23.7 Å². The van der Waals surface area contributed by atoms with Gasteiger partial charge in [0.1, 0.15) is 11.9 Å². The van der Waals surface area contributed by atoms with E-state index in [0.717, 1.165) is 24.4 Å². The highest BCUT2D eigenvalue weighted by atomic mass is 15.3. The van der Waals surface area contributed by atoms with Crippen LogP contribution in [-0.2, 0) is 0 Å². The quantitative estimate of drug-likeness (QED) is 0.814. The Kier molecular flexibility index (Phi) is 2.71. The Morgan fingerprint density at radius 3 is 2.61 bits per heavy atom. The van der Waals surface area contributed by atoms with E-state index in [9.17, 15) is 5.26 Å². The van der Waals surface area contributed by atoms with Gasteiger partial charge in [-0.05, 0) is 44.7 Å². The molecule has 2 saturated heterocycles. The van der Waals surface area contributed by atoms with Crippen LogP contribution in [0.15, 0.2) is 12.1 Å². The minimum atomic E-state index is 0.314. The highest BCUT2D eigenvalue weighted by molar-refractivity contribution is 5.57. The molecule has 0 amide bonds. The number of rotatable bonds is 1. The number of hydrogen-bond donors (Lipinski definition) is 1. The number of fused-ring (bicyclic) bond motifs is 2. The van der Waals surface area contributed by atoms with Crippen LogP contribution in [0.25, 0.3) is 0 Å². The maximum Gasteiger partial charge on any atom is 0.147 e. The van der Waals surface area contributed by atoms with Crippen LogP contribution in [0, 0.1) is 18.3 Å². The summed E-state index contributed by atoms with van der Waals surface area (Å²) in [6.07, 6.45) is 4.41. The summed E-state index contributed by atoms with van der Waals surface area (Å²) in [4.78, 5) is 6.95. The lowest BCUT2D eigenvalue weighted by molar-refractivity contribution is 0.412. The number of anilines is 1. The van der Waals surface area contributed by atoms with Crippen LogP contribution in [0.1, 0.15) is 36.9 Å². The van der Waals surface area contributed by atoms with Crippen molar-refractivity contribution in [1.82, 2.24) is 4.98 Å². The van der Waals surface area contributed by atoms with Crippen molar-refractivity contribution >= 4 is 5.82 Å². The van der Waals surface area contributed by atoms with Gasteiger partial charge in [0.25, 0.3) is 0 Å². The topological polar surface area (TPSA) is 65.9 Å². The first kappa shape index (κ1) is 11.5. The molecule has 2 atom stereocenters. The number of nitriles is 1. The Morgan fingerprint density at radius 2 is 2.00 bits per heavy atom. The second-order valence-electron chi connectivity index (χ2n) is 5.46. The molecule has 4 nitrogen and oxygen atoms in total. The predicted molar refractivity (Wildman–Crippen MR) is 70.2 cm³/mol. The van der Waals surface area contributed by atoms with E-state index in [-0.39, 0.29) is 0 Å². The smallest absolute Gasteiger partial charge is 0.147 e. The zero-order valence-corrected chi connectivity index (χ0v) is 10.6. The molecule has 2 fully saturated rings. The van der Waals surface area contributed by atoms with E-state index in [2.05, 4.69) is 16.0 Å². The van der Waals surface area contributed by atoms with Gasteiger partial charge in [0.2, 0.25) is 0 Å². The molecule has 0 aromatic carbocycles. The number of nitrogens with zero attached hydrogens (tertiary/aromatic N) is 3. The molecule has 1 aromatic heterocycles. The molecular formula is C14H18N4. The van der Waals surface area contributed by atoms with E-state index < -0.39 is 0 Å². The number of nitrogens with two attached hydrogens (primary N) is 1. The van der Waals surface area contributed by atoms with E-state index in [1.165, 1.54) is 12.8 Å². The Hall–Kier alpha value is -1.60. The van der Waals surface area contributed by atoms with E-state index in [1.54, 1.807) is 0 Å². The van der Waals surface area contributed by atoms with Crippen molar-refractivity contribution in [3.63, 3.8) is 0 Å². The average Bonchev–Trinajstić information content (AvgIpc) is 2.61. The lowest BCUT2D eigenvalue weighted by Gasteiger charge is -2.39. The summed E-state index contributed by atoms with van der Waals surface area (Å²) in [5.41, 5.74) is 7.74. The summed E-state index contributed by atoms with van der Waals surface area (Å²) in [7, 11) is 0. The summed E-state index contributed by atoms with van der Waals surface area (Å²) in [5.74, 6) is 0.872. The van der Waals surface area contributed by atoms with Gasteiger partial charge in [0.05, 0.1) is 5.56 Å². The lowest BCUT2D eigenvalue weighted by atomic mass is 9.97. The second-order valence-corrected chi connectivity index (χ2v) is 5.46. The van der Waals surface area contributed by atoms with Crippen molar-refractivity contribution in [3.8, 4) is 6.07 Å². The maximum absolute atomic E-state index is 9.24. The SMILES string of the molecule is Cc1ccc(C#N)c(N2C3CCC2CC(N)C3)n1. The first-order valence-corrected chi connectivity index (χ1v) is 6.60. The van der Waals surface area contributed by atoms with Gasteiger partial charge in [-0.1, -0.05) is 0 Å². The number of pyridine rings is 1. The van der Waals surface area contributed by atoms with Crippen molar-refractivity contribution in [1.29, 1.82) is 5.26 Å². The van der Waals surface area contributed by atoms with Gasteiger partial charge in [-0.2, -0.15) is 5.26 Å². The Bertz CT molecular complexity index is 491. The van der Waals surface area contributed by atoms with E-state index in [4.69, 9.17) is 5.73 Å². The fourth-order valence-electron chi connectivity index (χ4n) is 3.39. The van der Waals surface area contributed by atoms with Gasteiger partial charge in [-0.15, -0.1) is 0 Å². The number of aromatic nitrogens is 1. The molecule has 2 bridgehead atoms. The summed E-state index contributed by atoms with van der Waals surface area (Å²) in [5, 5.41) is 9.24. The zero-order chi connectivity index (χ0) is 12.7. The molecule has 3 rings (SSSR count). The minimum Gasteiger partial charge on any atom is -0.349 e. The third kappa shape index (κ3) is 1.75. The molecule has 18 heavy (non-hydrogen) atoms. The Labute approximate surface area is 107 Å². The standard InChI is InChI=1S/C14H18N4/c1-9-2-3-10(8-15)14(17-9)18-12-4-5-13(18)7-11(16)6-12/h2-3,11-13H,4-7,16H2,1H3. The highest BCUT2D eigenvalue weighted by Gasteiger charge is 2.41. The summed E-state index contributed by atoms with van der Waals surface area (Å²) in [6.45, 7) is 1.97. The monoisotopic (exact) mass is 242 g/mol. The van der Waals surface area contributed by atoms with Gasteiger partial charge in [0, 0.05) is 23.8 Å². The van der Waals surface area contributed by atoms with Gasteiger partial charge in [-0.3, -0.25) is 0 Å². The Morgan fingerprint density at radius 1 is 1.33 bits per heavy atom. The van der Waals surface area contributed by atoms with Gasteiger partial charge in [-0.25, -0.2) is 4.98 Å². The molecule has 2 unspecified atom stereocenters. The zero-order valence-electron chi connectivity index (χ0n) is 10.6. The molecular weight excluding hydrogens is 224 g/mol. The van der Waals surface area contributed by atoms with E-state index >= 15 is 0 Å². The molecule has 1 aromatic rings. The maximum atomic E-state index is 9.24. The Balaban J connectivity index is 2.01. The van der Waals surface area contributed by atoms with Crippen LogP contribution < -0.4 is 10.6 Å². The predicted octanol–water partition coefficient (Wildman–Crippen LogP) is 1.72. The fraction of sp³-hybridized carbons (Fsp3) is 0.571. The lowest BCUT2D eigenvalue weighted by Crippen LogP contribution is -2.48. The molecule has 0 saturated carbocycles. The second kappa shape index (κ2) is 4.25. The molecule has 2 aliphatic heterocycles. The third-order valence-electron chi connectivity index (χ3n) is 4.15. The van der Waals surface area contributed by atoms with Gasteiger partial charge < -0.3 is 10.6 Å². The third-order valence-corrected chi connectivity index (χ3v) is 4.15. The van der Waals surface area contributed by atoms with Crippen LogP contribution in [0.3, 0.4) is 0 Å². The molecule has 2 N–H and O–H groups in total. The van der Waals surface area contributed by atoms with Crippen molar-refractivity contribution in [2.45, 2.75) is 50.7 Å². The molecule has 94 valence electrons. The fourth-order valence-corrected chi connectivity index (χ4v) is 3.39. The van der Waals surface area contributed by atoms with Crippen molar-refractivity contribution in [2.75, 3.05) is 4.90 Å². The van der Waals surface area contributed by atoms with Crippen LogP contribution in [0.2, 0.25) is 0 Å².